The summed E-state index contributed by atoms with van der Waals surface area (Å²) in [5.41, 5.74) is 0. The molecule has 2 unspecified atom stereocenters. The minimum Gasteiger partial charge on any atom is -0.394 e. The summed E-state index contributed by atoms with van der Waals surface area (Å²) in [6.45, 7) is 4.10. The van der Waals surface area contributed by atoms with Gasteiger partial charge in [0.25, 0.3) is 0 Å². The van der Waals surface area contributed by atoms with Crippen LogP contribution in [0.5, 0.6) is 0 Å². The Kier molecular flexibility index (Phi) is 42.1. The van der Waals surface area contributed by atoms with Crippen molar-refractivity contribution in [2.24, 2.45) is 0 Å². The maximum Gasteiger partial charge on any atom is 0.220 e. The molecule has 0 heterocycles. The van der Waals surface area contributed by atoms with Crippen molar-refractivity contribution in [3.05, 3.63) is 134 Å². The average molecular weight is 756 g/mol. The Balaban J connectivity index is 3.66. The third-order valence-corrected chi connectivity index (χ3v) is 8.93. The molecule has 0 aromatic heterocycles. The van der Waals surface area contributed by atoms with E-state index in [0.717, 1.165) is 122 Å². The zero-order valence-electron chi connectivity index (χ0n) is 35.1. The van der Waals surface area contributed by atoms with Gasteiger partial charge < -0.3 is 15.5 Å². The number of carbonyl (C=O) groups is 1. The Labute approximate surface area is 339 Å². The second-order valence-corrected chi connectivity index (χ2v) is 14.0. The van der Waals surface area contributed by atoms with E-state index in [1.165, 1.54) is 12.8 Å². The van der Waals surface area contributed by atoms with E-state index in [9.17, 15) is 15.0 Å². The van der Waals surface area contributed by atoms with Crippen LogP contribution in [0, 0.1) is 0 Å². The highest BCUT2D eigenvalue weighted by atomic mass is 16.3. The zero-order chi connectivity index (χ0) is 40.0. The second kappa shape index (κ2) is 44.9. The highest BCUT2D eigenvalue weighted by Crippen LogP contribution is 2.11. The first-order valence-corrected chi connectivity index (χ1v) is 21.9. The molecule has 0 aromatic rings. The van der Waals surface area contributed by atoms with Crippen LogP contribution in [-0.4, -0.2) is 34.9 Å². The number of allylic oxidation sites excluding steroid dienone is 22. The van der Waals surface area contributed by atoms with Gasteiger partial charge >= 0.3 is 0 Å². The lowest BCUT2D eigenvalue weighted by Crippen LogP contribution is -2.45. The molecule has 4 heteroatoms. The van der Waals surface area contributed by atoms with Crippen LogP contribution >= 0.6 is 0 Å². The summed E-state index contributed by atoms with van der Waals surface area (Å²) in [6, 6.07) is -0.552. The first-order valence-electron chi connectivity index (χ1n) is 21.9. The van der Waals surface area contributed by atoms with Crippen LogP contribution in [0.4, 0.5) is 0 Å². The summed E-state index contributed by atoms with van der Waals surface area (Å²) in [4.78, 5) is 12.2. The maximum atomic E-state index is 12.2. The van der Waals surface area contributed by atoms with Gasteiger partial charge in [0.15, 0.2) is 0 Å². The van der Waals surface area contributed by atoms with E-state index in [-0.39, 0.29) is 12.5 Å². The lowest BCUT2D eigenvalue weighted by molar-refractivity contribution is -0.123. The standard InChI is InChI=1S/C51H81NO3/c1-3-5-7-9-10-11-12-13-14-15-16-17-18-19-20-21-22-23-24-25-26-27-28-29-30-31-32-33-34-35-36-37-38-39-40-41-42-43-45-47-51(55)52-49(48-53)50(54)46-44-8-6-4-2/h5,7,10-11,13-14,16-17,19-20,22-23,25-26,28-29,31-32,34-35,37-38,49-50,53-54H,3-4,6,8-9,12,15,18,21,24,27,30,33,36,39-48H2,1-2H3,(H,52,55)/b7-5-,11-10-,14-13-,17-16-,20-19-,23-22-,26-25-,29-28-,32-31-,35-34-,38-37-. The van der Waals surface area contributed by atoms with Crippen molar-refractivity contribution in [1.82, 2.24) is 5.32 Å². The fraction of sp³-hybridized carbons (Fsp3) is 0.549. The largest absolute Gasteiger partial charge is 0.394 e. The van der Waals surface area contributed by atoms with Gasteiger partial charge in [0.2, 0.25) is 5.91 Å². The fourth-order valence-corrected chi connectivity index (χ4v) is 5.60. The number of unbranched alkanes of at least 4 members (excludes halogenated alkanes) is 8. The van der Waals surface area contributed by atoms with Gasteiger partial charge in [0.1, 0.15) is 0 Å². The number of hydrogen-bond donors (Lipinski definition) is 3. The predicted molar refractivity (Wildman–Crippen MR) is 243 cm³/mol. The molecule has 4 nitrogen and oxygen atoms in total. The SMILES string of the molecule is CC/C=C\C/C=C\C/C=C\C/C=C\C/C=C\C/C=C\C/C=C\C/C=C\C/C=C\C/C=C\C/C=C\CCCCCCCC(=O)NC(CO)C(O)CCCCCC. The third-order valence-electron chi connectivity index (χ3n) is 8.93. The zero-order valence-corrected chi connectivity index (χ0v) is 35.1. The smallest absolute Gasteiger partial charge is 0.220 e. The molecule has 0 fully saturated rings. The van der Waals surface area contributed by atoms with E-state index in [1.807, 2.05) is 0 Å². The van der Waals surface area contributed by atoms with Crippen LogP contribution in [0.15, 0.2) is 134 Å². The molecule has 3 N–H and O–H groups in total. The van der Waals surface area contributed by atoms with Crippen molar-refractivity contribution >= 4 is 5.91 Å². The van der Waals surface area contributed by atoms with E-state index >= 15 is 0 Å². The molecular weight excluding hydrogens is 675 g/mol. The molecule has 308 valence electrons. The van der Waals surface area contributed by atoms with Crippen LogP contribution in [0.1, 0.15) is 162 Å². The van der Waals surface area contributed by atoms with Crippen LogP contribution in [-0.2, 0) is 4.79 Å². The third kappa shape index (κ3) is 41.5. The van der Waals surface area contributed by atoms with Crippen LogP contribution in [0.25, 0.3) is 0 Å². The quantitative estimate of drug-likeness (QED) is 0.0437. The molecular formula is C51H81NO3. The van der Waals surface area contributed by atoms with E-state index < -0.39 is 12.1 Å². The van der Waals surface area contributed by atoms with Crippen LogP contribution in [0.2, 0.25) is 0 Å². The van der Waals surface area contributed by atoms with Gasteiger partial charge in [-0.05, 0) is 96.3 Å². The molecule has 0 spiro atoms. The van der Waals surface area contributed by atoms with Gasteiger partial charge in [-0.25, -0.2) is 0 Å². The van der Waals surface area contributed by atoms with E-state index in [1.54, 1.807) is 0 Å². The van der Waals surface area contributed by atoms with Crippen molar-refractivity contribution in [2.75, 3.05) is 6.61 Å². The van der Waals surface area contributed by atoms with Gasteiger partial charge in [0.05, 0.1) is 18.8 Å². The minimum atomic E-state index is -0.672. The van der Waals surface area contributed by atoms with Gasteiger partial charge in [-0.15, -0.1) is 0 Å². The van der Waals surface area contributed by atoms with Gasteiger partial charge in [-0.3, -0.25) is 4.79 Å². The summed E-state index contributed by atoms with van der Waals surface area (Å²) in [6.07, 6.45) is 71.5. The summed E-state index contributed by atoms with van der Waals surface area (Å²) in [5, 5.41) is 22.6. The number of nitrogens with one attached hydrogen (secondary N) is 1. The van der Waals surface area contributed by atoms with Crippen molar-refractivity contribution in [1.29, 1.82) is 0 Å². The van der Waals surface area contributed by atoms with E-state index in [4.69, 9.17) is 0 Å². The average Bonchev–Trinajstić information content (AvgIpc) is 3.19. The molecule has 0 aromatic carbocycles. The number of aliphatic hydroxyl groups excluding tert-OH is 2. The molecule has 0 saturated heterocycles. The van der Waals surface area contributed by atoms with E-state index in [2.05, 4.69) is 153 Å². The molecule has 55 heavy (non-hydrogen) atoms. The Bertz CT molecular complexity index is 1180. The number of aliphatic hydroxyl groups is 2. The summed E-state index contributed by atoms with van der Waals surface area (Å²) < 4.78 is 0. The molecule has 0 rings (SSSR count). The number of amides is 1. The highest BCUT2D eigenvalue weighted by molar-refractivity contribution is 5.76. The lowest BCUT2D eigenvalue weighted by Gasteiger charge is -2.22. The molecule has 0 aliphatic carbocycles. The first-order chi connectivity index (χ1) is 27.2. The highest BCUT2D eigenvalue weighted by Gasteiger charge is 2.19. The van der Waals surface area contributed by atoms with Gasteiger partial charge in [-0.1, -0.05) is 192 Å². The monoisotopic (exact) mass is 756 g/mol. The number of carbonyl (C=O) groups excluding carboxylic acids is 1. The van der Waals surface area contributed by atoms with Gasteiger partial charge in [-0.2, -0.15) is 0 Å². The minimum absolute atomic E-state index is 0.0673. The molecule has 1 amide bonds. The Morgan fingerprint density at radius 3 is 1.18 bits per heavy atom. The second-order valence-electron chi connectivity index (χ2n) is 14.0. The molecule has 0 saturated carbocycles. The first kappa shape index (κ1) is 51.5. The summed E-state index contributed by atoms with van der Waals surface area (Å²) >= 11 is 0. The number of rotatable bonds is 37. The molecule has 0 radical (unpaired) electrons. The van der Waals surface area contributed by atoms with Crippen molar-refractivity contribution in [2.45, 2.75) is 174 Å². The molecule has 0 bridgehead atoms. The van der Waals surface area contributed by atoms with Crippen LogP contribution < -0.4 is 5.32 Å². The summed E-state index contributed by atoms with van der Waals surface area (Å²) in [7, 11) is 0. The normalized spacial score (nSPS) is 14.3. The predicted octanol–water partition coefficient (Wildman–Crippen LogP) is 14.0. The molecule has 2 atom stereocenters. The topological polar surface area (TPSA) is 69.6 Å². The Morgan fingerprint density at radius 2 is 0.800 bits per heavy atom. The van der Waals surface area contributed by atoms with Crippen LogP contribution in [0.3, 0.4) is 0 Å². The number of hydrogen-bond acceptors (Lipinski definition) is 3. The van der Waals surface area contributed by atoms with Crippen molar-refractivity contribution in [3.63, 3.8) is 0 Å². The maximum absolute atomic E-state index is 12.2. The Morgan fingerprint density at radius 1 is 0.455 bits per heavy atom. The lowest BCUT2D eigenvalue weighted by atomic mass is 10.0. The molecule has 0 aliphatic rings. The summed E-state index contributed by atoms with van der Waals surface area (Å²) in [5.74, 6) is -0.0673. The van der Waals surface area contributed by atoms with Gasteiger partial charge in [0, 0.05) is 6.42 Å². The van der Waals surface area contributed by atoms with Crippen molar-refractivity contribution in [3.8, 4) is 0 Å². The fourth-order valence-electron chi connectivity index (χ4n) is 5.60. The molecule has 0 aliphatic heterocycles. The Hall–Kier alpha value is -3.47. The van der Waals surface area contributed by atoms with E-state index in [0.29, 0.717) is 12.8 Å². The van der Waals surface area contributed by atoms with Crippen molar-refractivity contribution < 1.29 is 15.0 Å².